The number of hydrogen-bond acceptors (Lipinski definition) is 4. The Kier molecular flexibility index (Phi) is 7.85. The quantitative estimate of drug-likeness (QED) is 0.707. The van der Waals surface area contributed by atoms with Crippen molar-refractivity contribution in [3.63, 3.8) is 0 Å². The summed E-state index contributed by atoms with van der Waals surface area (Å²) in [5.41, 5.74) is 2.37. The molecule has 0 spiro atoms. The summed E-state index contributed by atoms with van der Waals surface area (Å²) in [6.07, 6.45) is 1.65. The van der Waals surface area contributed by atoms with Gasteiger partial charge in [-0.3, -0.25) is 9.00 Å². The van der Waals surface area contributed by atoms with Crippen molar-refractivity contribution in [1.82, 2.24) is 5.32 Å². The van der Waals surface area contributed by atoms with Crippen molar-refractivity contribution < 1.29 is 18.5 Å². The average Bonchev–Trinajstić information content (AvgIpc) is 2.63. The molecule has 0 saturated carbocycles. The van der Waals surface area contributed by atoms with E-state index in [4.69, 9.17) is 9.47 Å². The van der Waals surface area contributed by atoms with Crippen LogP contribution < -0.4 is 14.8 Å². The van der Waals surface area contributed by atoms with Crippen LogP contribution in [0.2, 0.25) is 0 Å². The summed E-state index contributed by atoms with van der Waals surface area (Å²) in [4.78, 5) is 12.6. The van der Waals surface area contributed by atoms with Crippen LogP contribution in [0.1, 0.15) is 48.3 Å². The van der Waals surface area contributed by atoms with Crippen LogP contribution in [0.15, 0.2) is 42.5 Å². The molecular formula is C21H27NO4S. The fraction of sp³-hybridized carbons (Fsp3) is 0.381. The number of hydrogen-bond donors (Lipinski definition) is 1. The Hall–Kier alpha value is -2.34. The number of nitrogens with one attached hydrogen (secondary N) is 1. The predicted octanol–water partition coefficient (Wildman–Crippen LogP) is 3.85. The van der Waals surface area contributed by atoms with Gasteiger partial charge in [0.05, 0.1) is 19.3 Å². The van der Waals surface area contributed by atoms with Gasteiger partial charge in [0.15, 0.2) is 11.5 Å². The first-order valence-electron chi connectivity index (χ1n) is 9.04. The van der Waals surface area contributed by atoms with E-state index in [1.807, 2.05) is 51.1 Å². The zero-order valence-corrected chi connectivity index (χ0v) is 17.1. The van der Waals surface area contributed by atoms with Gasteiger partial charge in [-0.25, -0.2) is 0 Å². The summed E-state index contributed by atoms with van der Waals surface area (Å²) in [6, 6.07) is 12.7. The van der Waals surface area contributed by atoms with Crippen LogP contribution in [0.4, 0.5) is 0 Å². The molecule has 0 fully saturated rings. The molecule has 2 atom stereocenters. The first-order valence-corrected chi connectivity index (χ1v) is 10.8. The third-order valence-electron chi connectivity index (χ3n) is 3.97. The zero-order chi connectivity index (χ0) is 19.8. The van der Waals surface area contributed by atoms with Gasteiger partial charge in [0.25, 0.3) is 5.91 Å². The number of carbonyl (C=O) groups excluding carboxylic acids is 1. The van der Waals surface area contributed by atoms with E-state index in [0.29, 0.717) is 36.0 Å². The Bertz CT molecular complexity index is 807. The second kappa shape index (κ2) is 10.1. The molecule has 0 saturated heterocycles. The highest BCUT2D eigenvalue weighted by Gasteiger charge is 2.15. The van der Waals surface area contributed by atoms with Crippen LogP contribution in [0.25, 0.3) is 0 Å². The highest BCUT2D eigenvalue weighted by molar-refractivity contribution is 7.83. The second-order valence-electron chi connectivity index (χ2n) is 6.19. The molecule has 1 amide bonds. The molecule has 0 radical (unpaired) electrons. The first-order chi connectivity index (χ1) is 12.9. The molecule has 5 nitrogen and oxygen atoms in total. The van der Waals surface area contributed by atoms with Gasteiger partial charge in [0.2, 0.25) is 0 Å². The minimum atomic E-state index is -0.945. The molecule has 2 aromatic rings. The van der Waals surface area contributed by atoms with E-state index in [-0.39, 0.29) is 11.9 Å². The molecule has 146 valence electrons. The predicted molar refractivity (Wildman–Crippen MR) is 109 cm³/mol. The summed E-state index contributed by atoms with van der Waals surface area (Å²) >= 11 is 0. The second-order valence-corrected chi connectivity index (χ2v) is 7.62. The van der Waals surface area contributed by atoms with Crippen molar-refractivity contribution in [2.45, 2.75) is 32.6 Å². The van der Waals surface area contributed by atoms with Crippen LogP contribution >= 0.6 is 0 Å². The molecule has 27 heavy (non-hydrogen) atoms. The highest BCUT2D eigenvalue weighted by Crippen LogP contribution is 2.30. The minimum absolute atomic E-state index is 0.168. The highest BCUT2D eigenvalue weighted by atomic mass is 32.2. The fourth-order valence-electron chi connectivity index (χ4n) is 2.74. The van der Waals surface area contributed by atoms with Crippen molar-refractivity contribution in [2.24, 2.45) is 0 Å². The smallest absolute Gasteiger partial charge is 0.251 e. The van der Waals surface area contributed by atoms with Crippen molar-refractivity contribution >= 4 is 16.7 Å². The van der Waals surface area contributed by atoms with E-state index in [1.165, 1.54) is 0 Å². The number of rotatable bonds is 9. The van der Waals surface area contributed by atoms with E-state index in [1.54, 1.807) is 18.4 Å². The monoisotopic (exact) mass is 389 g/mol. The Balaban J connectivity index is 2.14. The zero-order valence-electron chi connectivity index (χ0n) is 16.3. The summed E-state index contributed by atoms with van der Waals surface area (Å²) in [5.74, 6) is 1.64. The Morgan fingerprint density at radius 1 is 1.07 bits per heavy atom. The SMILES string of the molecule is CCOc1ccc(C(C)NC(=O)c2cccc(CS(C)=O)c2)cc1OCC. The van der Waals surface area contributed by atoms with Crippen molar-refractivity contribution in [3.05, 3.63) is 59.2 Å². The van der Waals surface area contributed by atoms with Crippen molar-refractivity contribution in [3.8, 4) is 11.5 Å². The number of amides is 1. The normalized spacial score (nSPS) is 12.9. The van der Waals surface area contributed by atoms with Crippen molar-refractivity contribution in [1.29, 1.82) is 0 Å². The first kappa shape index (κ1) is 21.0. The molecule has 2 rings (SSSR count). The van der Waals surface area contributed by atoms with Gasteiger partial charge in [0.1, 0.15) is 0 Å². The van der Waals surface area contributed by atoms with E-state index in [9.17, 15) is 9.00 Å². The average molecular weight is 390 g/mol. The van der Waals surface area contributed by atoms with E-state index >= 15 is 0 Å². The summed E-state index contributed by atoms with van der Waals surface area (Å²) in [6.45, 7) is 6.87. The maximum absolute atomic E-state index is 12.6. The third kappa shape index (κ3) is 6.10. The maximum Gasteiger partial charge on any atom is 0.251 e. The molecule has 0 aliphatic heterocycles. The van der Waals surface area contributed by atoms with E-state index in [2.05, 4.69) is 5.32 Å². The summed E-state index contributed by atoms with van der Waals surface area (Å²) in [7, 11) is -0.945. The van der Waals surface area contributed by atoms with Crippen LogP contribution in [0.3, 0.4) is 0 Å². The largest absolute Gasteiger partial charge is 0.490 e. The molecule has 2 unspecified atom stereocenters. The molecule has 2 aromatic carbocycles. The number of ether oxygens (including phenoxy) is 2. The number of carbonyl (C=O) groups is 1. The molecule has 0 aliphatic carbocycles. The molecule has 0 aromatic heterocycles. The van der Waals surface area contributed by atoms with Gasteiger partial charge in [0, 0.05) is 28.4 Å². The summed E-state index contributed by atoms with van der Waals surface area (Å²) in [5, 5.41) is 3.00. The molecule has 0 aliphatic rings. The molecular weight excluding hydrogens is 362 g/mol. The fourth-order valence-corrected chi connectivity index (χ4v) is 3.39. The Morgan fingerprint density at radius 3 is 2.44 bits per heavy atom. The van der Waals surface area contributed by atoms with Crippen LogP contribution in [-0.4, -0.2) is 29.6 Å². The lowest BCUT2D eigenvalue weighted by Crippen LogP contribution is -2.26. The van der Waals surface area contributed by atoms with Crippen LogP contribution in [0.5, 0.6) is 11.5 Å². The van der Waals surface area contributed by atoms with Gasteiger partial charge in [-0.1, -0.05) is 18.2 Å². The Labute approximate surface area is 163 Å². The van der Waals surface area contributed by atoms with Gasteiger partial charge in [-0.2, -0.15) is 0 Å². The molecule has 0 heterocycles. The van der Waals surface area contributed by atoms with Gasteiger partial charge in [-0.15, -0.1) is 0 Å². The Morgan fingerprint density at radius 2 is 1.78 bits per heavy atom. The maximum atomic E-state index is 12.6. The summed E-state index contributed by atoms with van der Waals surface area (Å²) < 4.78 is 22.6. The standard InChI is InChI=1S/C21H27NO4S/c1-5-25-19-11-10-17(13-20(19)26-6-2)15(3)22-21(23)18-9-7-8-16(12-18)14-27(4)24/h7-13,15H,5-6,14H2,1-4H3,(H,22,23). The molecule has 0 bridgehead atoms. The van der Waals surface area contributed by atoms with Crippen LogP contribution in [-0.2, 0) is 16.6 Å². The van der Waals surface area contributed by atoms with Crippen molar-refractivity contribution in [2.75, 3.05) is 19.5 Å². The van der Waals surface area contributed by atoms with E-state index < -0.39 is 10.8 Å². The van der Waals surface area contributed by atoms with E-state index in [0.717, 1.165) is 11.1 Å². The lowest BCUT2D eigenvalue weighted by Gasteiger charge is -2.18. The lowest BCUT2D eigenvalue weighted by atomic mass is 10.1. The van der Waals surface area contributed by atoms with Gasteiger partial charge in [-0.05, 0) is 56.2 Å². The minimum Gasteiger partial charge on any atom is -0.490 e. The lowest BCUT2D eigenvalue weighted by molar-refractivity contribution is 0.0939. The topological polar surface area (TPSA) is 64.6 Å². The third-order valence-corrected chi connectivity index (χ3v) is 4.71. The molecule has 1 N–H and O–H groups in total. The van der Waals surface area contributed by atoms with Gasteiger partial charge < -0.3 is 14.8 Å². The van der Waals surface area contributed by atoms with Gasteiger partial charge >= 0.3 is 0 Å². The molecule has 6 heteroatoms. The number of benzene rings is 2. The van der Waals surface area contributed by atoms with Crippen LogP contribution in [0, 0.1) is 0 Å².